The summed E-state index contributed by atoms with van der Waals surface area (Å²) >= 11 is 0. The van der Waals surface area contributed by atoms with Gasteiger partial charge in [0.25, 0.3) is 5.91 Å². The molecule has 5 rings (SSSR count). The maximum Gasteiger partial charge on any atom is 0.255 e. The van der Waals surface area contributed by atoms with E-state index in [1.165, 1.54) is 12.8 Å². The molecule has 1 aromatic rings. The number of nitrogens with zero attached hydrogens (tertiary/aromatic N) is 1. The van der Waals surface area contributed by atoms with Crippen molar-refractivity contribution in [3.63, 3.8) is 0 Å². The quantitative estimate of drug-likeness (QED) is 0.660. The van der Waals surface area contributed by atoms with E-state index in [0.717, 1.165) is 42.3 Å². The summed E-state index contributed by atoms with van der Waals surface area (Å²) in [5.74, 6) is 0.781. The van der Waals surface area contributed by atoms with Crippen LogP contribution in [-0.4, -0.2) is 40.7 Å². The van der Waals surface area contributed by atoms with Gasteiger partial charge in [0.1, 0.15) is 6.04 Å². The van der Waals surface area contributed by atoms with Crippen molar-refractivity contribution in [1.82, 2.24) is 15.5 Å². The van der Waals surface area contributed by atoms with Crippen LogP contribution in [0.1, 0.15) is 60.0 Å². The third kappa shape index (κ3) is 3.36. The maximum atomic E-state index is 12.9. The lowest BCUT2D eigenvalue weighted by Gasteiger charge is -2.29. The Labute approximate surface area is 170 Å². The zero-order valence-electron chi connectivity index (χ0n) is 16.5. The van der Waals surface area contributed by atoms with Gasteiger partial charge in [0.15, 0.2) is 0 Å². The summed E-state index contributed by atoms with van der Waals surface area (Å²) in [7, 11) is 0. The van der Waals surface area contributed by atoms with Crippen LogP contribution in [0, 0.1) is 11.8 Å². The highest BCUT2D eigenvalue weighted by molar-refractivity contribution is 6.05. The number of rotatable bonds is 4. The molecule has 1 saturated heterocycles. The Morgan fingerprint density at radius 3 is 2.59 bits per heavy atom. The highest BCUT2D eigenvalue weighted by atomic mass is 16.2. The topological polar surface area (TPSA) is 105 Å². The van der Waals surface area contributed by atoms with Crippen LogP contribution < -0.4 is 16.4 Å². The lowest BCUT2D eigenvalue weighted by atomic mass is 10.0. The molecule has 7 nitrogen and oxygen atoms in total. The third-order valence-electron chi connectivity index (χ3n) is 7.31. The molecule has 3 unspecified atom stereocenters. The third-order valence-corrected chi connectivity index (χ3v) is 7.31. The minimum Gasteiger partial charge on any atom is -0.328 e. The lowest BCUT2D eigenvalue weighted by Crippen LogP contribution is -2.52. The van der Waals surface area contributed by atoms with E-state index in [1.807, 2.05) is 12.1 Å². The van der Waals surface area contributed by atoms with Gasteiger partial charge in [-0.3, -0.25) is 19.7 Å². The fourth-order valence-electron chi connectivity index (χ4n) is 5.90. The number of hydrogen-bond donors (Lipinski definition) is 3. The first-order chi connectivity index (χ1) is 14.0. The van der Waals surface area contributed by atoms with Crippen molar-refractivity contribution >= 4 is 17.7 Å². The van der Waals surface area contributed by atoms with Crippen LogP contribution in [0.4, 0.5) is 0 Å². The summed E-state index contributed by atoms with van der Waals surface area (Å²) in [5.41, 5.74) is 8.91. The maximum absolute atomic E-state index is 12.9. The minimum atomic E-state index is -0.563. The van der Waals surface area contributed by atoms with Crippen molar-refractivity contribution in [2.45, 2.75) is 69.7 Å². The van der Waals surface area contributed by atoms with E-state index < -0.39 is 6.04 Å². The van der Waals surface area contributed by atoms with E-state index in [0.29, 0.717) is 30.6 Å². The number of carbonyl (C=O) groups excluding carboxylic acids is 3. The van der Waals surface area contributed by atoms with Gasteiger partial charge in [-0.25, -0.2) is 0 Å². The minimum absolute atomic E-state index is 0.110. The molecule has 154 valence electrons. The van der Waals surface area contributed by atoms with Gasteiger partial charge in [0.2, 0.25) is 11.8 Å². The second kappa shape index (κ2) is 7.22. The molecule has 2 saturated carbocycles. The Balaban J connectivity index is 1.26. The Hall–Kier alpha value is -2.25. The molecule has 3 fully saturated rings. The Morgan fingerprint density at radius 2 is 1.86 bits per heavy atom. The van der Waals surface area contributed by atoms with E-state index in [2.05, 4.69) is 16.7 Å². The second-order valence-electron chi connectivity index (χ2n) is 9.14. The Kier molecular flexibility index (Phi) is 4.67. The summed E-state index contributed by atoms with van der Waals surface area (Å²) < 4.78 is 0. The fraction of sp³-hybridized carbons (Fsp3) is 0.591. The Bertz CT molecular complexity index is 856. The number of piperidine rings is 1. The SMILES string of the molecule is NC1C[C@@H]2CC(NCc3cccc4c3CN(C3CCC(=O)NC3=O)C4=O)C[C@@H]2C1. The summed E-state index contributed by atoms with van der Waals surface area (Å²) in [6.45, 7) is 1.17. The van der Waals surface area contributed by atoms with Crippen molar-refractivity contribution in [2.24, 2.45) is 17.6 Å². The van der Waals surface area contributed by atoms with Crippen molar-refractivity contribution in [3.8, 4) is 0 Å². The molecular weight excluding hydrogens is 368 g/mol. The summed E-state index contributed by atoms with van der Waals surface area (Å²) in [4.78, 5) is 38.2. The zero-order valence-corrected chi connectivity index (χ0v) is 16.5. The highest BCUT2D eigenvalue weighted by Gasteiger charge is 2.41. The van der Waals surface area contributed by atoms with Crippen molar-refractivity contribution in [3.05, 3.63) is 34.9 Å². The summed E-state index contributed by atoms with van der Waals surface area (Å²) in [5, 5.41) is 6.06. The Morgan fingerprint density at radius 1 is 1.10 bits per heavy atom. The number of benzene rings is 1. The molecule has 2 aliphatic heterocycles. The molecule has 5 atom stereocenters. The van der Waals surface area contributed by atoms with Crippen molar-refractivity contribution < 1.29 is 14.4 Å². The molecule has 7 heteroatoms. The highest BCUT2D eigenvalue weighted by Crippen LogP contribution is 2.43. The largest absolute Gasteiger partial charge is 0.328 e. The smallest absolute Gasteiger partial charge is 0.255 e. The van der Waals surface area contributed by atoms with Crippen LogP contribution in [0.25, 0.3) is 0 Å². The molecule has 0 radical (unpaired) electrons. The van der Waals surface area contributed by atoms with Gasteiger partial charge < -0.3 is 16.0 Å². The number of nitrogens with one attached hydrogen (secondary N) is 2. The van der Waals surface area contributed by atoms with Crippen LogP contribution in [0.5, 0.6) is 0 Å². The first-order valence-corrected chi connectivity index (χ1v) is 10.7. The van der Waals surface area contributed by atoms with E-state index in [-0.39, 0.29) is 24.1 Å². The fourth-order valence-corrected chi connectivity index (χ4v) is 5.90. The zero-order chi connectivity index (χ0) is 20.1. The first kappa shape index (κ1) is 18.8. The van der Waals surface area contributed by atoms with E-state index >= 15 is 0 Å². The molecule has 1 aromatic carbocycles. The number of hydrogen-bond acceptors (Lipinski definition) is 5. The molecule has 2 heterocycles. The molecule has 4 aliphatic rings. The van der Waals surface area contributed by atoms with Gasteiger partial charge in [-0.1, -0.05) is 12.1 Å². The van der Waals surface area contributed by atoms with E-state index in [9.17, 15) is 14.4 Å². The van der Waals surface area contributed by atoms with Gasteiger partial charge in [0.05, 0.1) is 0 Å². The van der Waals surface area contributed by atoms with Gasteiger partial charge in [-0.15, -0.1) is 0 Å². The van der Waals surface area contributed by atoms with Crippen LogP contribution in [0.2, 0.25) is 0 Å². The van der Waals surface area contributed by atoms with Crippen LogP contribution >= 0.6 is 0 Å². The van der Waals surface area contributed by atoms with Gasteiger partial charge in [-0.05, 0) is 61.1 Å². The molecule has 0 aromatic heterocycles. The average molecular weight is 396 g/mol. The standard InChI is InChI=1S/C22H28N4O3/c23-15-6-13-8-16(9-14(13)7-15)24-10-12-2-1-3-17-18(12)11-26(22(17)29)19-4-5-20(27)25-21(19)28/h1-3,13-16,19,24H,4-11,23H2,(H,25,27,28)/t13-,14+,15?,16?,19?. The first-order valence-electron chi connectivity index (χ1n) is 10.7. The molecule has 4 N–H and O–H groups in total. The number of fused-ring (bicyclic) bond motifs is 2. The van der Waals surface area contributed by atoms with Gasteiger partial charge in [-0.2, -0.15) is 0 Å². The van der Waals surface area contributed by atoms with Crippen molar-refractivity contribution in [2.75, 3.05) is 0 Å². The number of nitrogens with two attached hydrogens (primary N) is 1. The molecule has 0 bridgehead atoms. The molecular formula is C22H28N4O3. The predicted molar refractivity (Wildman–Crippen MR) is 107 cm³/mol. The number of amides is 3. The molecule has 3 amide bonds. The molecule has 0 spiro atoms. The van der Waals surface area contributed by atoms with Gasteiger partial charge in [0, 0.05) is 37.2 Å². The van der Waals surface area contributed by atoms with Crippen LogP contribution in [0.15, 0.2) is 18.2 Å². The van der Waals surface area contributed by atoms with E-state index in [1.54, 1.807) is 4.90 Å². The van der Waals surface area contributed by atoms with E-state index in [4.69, 9.17) is 5.73 Å². The second-order valence-corrected chi connectivity index (χ2v) is 9.14. The predicted octanol–water partition coefficient (Wildman–Crippen LogP) is 1.05. The molecule has 29 heavy (non-hydrogen) atoms. The summed E-state index contributed by atoms with van der Waals surface area (Å²) in [6, 6.07) is 6.16. The number of carbonyl (C=O) groups is 3. The van der Waals surface area contributed by atoms with Crippen LogP contribution in [0.3, 0.4) is 0 Å². The normalized spacial score (nSPS) is 33.8. The number of imide groups is 1. The lowest BCUT2D eigenvalue weighted by molar-refractivity contribution is -0.136. The average Bonchev–Trinajstić information content (AvgIpc) is 3.32. The van der Waals surface area contributed by atoms with Crippen LogP contribution in [-0.2, 0) is 22.7 Å². The van der Waals surface area contributed by atoms with Gasteiger partial charge >= 0.3 is 0 Å². The molecule has 2 aliphatic carbocycles. The monoisotopic (exact) mass is 396 g/mol. The van der Waals surface area contributed by atoms with Crippen molar-refractivity contribution in [1.29, 1.82) is 0 Å². The summed E-state index contributed by atoms with van der Waals surface area (Å²) in [6.07, 6.45) is 5.35.